The molecule has 10 heteroatoms. The van der Waals surface area contributed by atoms with Gasteiger partial charge in [-0.3, -0.25) is 9.78 Å². The normalized spacial score (nSPS) is 12.6. The summed E-state index contributed by atoms with van der Waals surface area (Å²) in [6.07, 6.45) is -2.17. The number of pyridine rings is 1. The predicted octanol–water partition coefficient (Wildman–Crippen LogP) is 4.54. The Bertz CT molecular complexity index is 912. The highest BCUT2D eigenvalue weighted by Crippen LogP contribution is 2.32. The van der Waals surface area contributed by atoms with E-state index in [1.165, 1.54) is 25.1 Å². The van der Waals surface area contributed by atoms with Crippen molar-refractivity contribution in [3.05, 3.63) is 42.7 Å². The molecule has 1 aromatic heterocycles. The second kappa shape index (κ2) is 9.67. The summed E-state index contributed by atoms with van der Waals surface area (Å²) in [5, 5.41) is 5.03. The third-order valence-electron chi connectivity index (χ3n) is 3.75. The van der Waals surface area contributed by atoms with Crippen molar-refractivity contribution in [2.75, 3.05) is 11.9 Å². The Morgan fingerprint density at radius 1 is 1.16 bits per heavy atom. The fraction of sp³-hybridized carbons (Fsp3) is 0.381. The zero-order valence-electron chi connectivity index (χ0n) is 17.5. The molecule has 0 fully saturated rings. The molecule has 0 aliphatic carbocycles. The number of ether oxygens (including phenoxy) is 2. The summed E-state index contributed by atoms with van der Waals surface area (Å²) in [5.41, 5.74) is 0.617. The van der Waals surface area contributed by atoms with Crippen LogP contribution < -0.4 is 15.4 Å². The predicted molar refractivity (Wildman–Crippen MR) is 109 cm³/mol. The molecule has 31 heavy (non-hydrogen) atoms. The topological polar surface area (TPSA) is 89.5 Å². The van der Waals surface area contributed by atoms with Crippen LogP contribution >= 0.6 is 0 Å². The molecule has 1 heterocycles. The van der Waals surface area contributed by atoms with E-state index in [-0.39, 0.29) is 11.4 Å². The fourth-order valence-electron chi connectivity index (χ4n) is 2.45. The van der Waals surface area contributed by atoms with Crippen molar-refractivity contribution in [3.8, 4) is 16.9 Å². The minimum atomic E-state index is -4.50. The summed E-state index contributed by atoms with van der Waals surface area (Å²) in [4.78, 5) is 28.5. The molecule has 0 aliphatic rings. The molecule has 7 nitrogen and oxygen atoms in total. The number of benzene rings is 1. The molecule has 1 aromatic carbocycles. The van der Waals surface area contributed by atoms with Gasteiger partial charge in [0.15, 0.2) is 6.61 Å². The Kier molecular flexibility index (Phi) is 7.48. The maximum absolute atomic E-state index is 12.6. The lowest BCUT2D eigenvalue weighted by Gasteiger charge is -2.22. The van der Waals surface area contributed by atoms with E-state index in [2.05, 4.69) is 15.6 Å². The first-order chi connectivity index (χ1) is 14.3. The summed E-state index contributed by atoms with van der Waals surface area (Å²) in [6.45, 7) is 5.04. The molecule has 0 spiro atoms. The van der Waals surface area contributed by atoms with Crippen LogP contribution in [-0.2, 0) is 9.53 Å². The number of rotatable bonds is 6. The van der Waals surface area contributed by atoms with Gasteiger partial charge in [-0.1, -0.05) is 6.07 Å². The third-order valence-corrected chi connectivity index (χ3v) is 3.75. The number of alkyl halides is 3. The van der Waals surface area contributed by atoms with Crippen LogP contribution in [0, 0.1) is 0 Å². The number of hydrogen-bond donors (Lipinski definition) is 2. The number of carbonyl (C=O) groups excluding carboxylic acids is 2. The Morgan fingerprint density at radius 2 is 1.87 bits per heavy atom. The van der Waals surface area contributed by atoms with Crippen LogP contribution in [0.1, 0.15) is 27.7 Å². The van der Waals surface area contributed by atoms with E-state index in [4.69, 9.17) is 9.47 Å². The average molecular weight is 439 g/mol. The Hall–Kier alpha value is -3.30. The van der Waals surface area contributed by atoms with Crippen molar-refractivity contribution in [2.24, 2.45) is 0 Å². The molecule has 168 valence electrons. The fourth-order valence-corrected chi connectivity index (χ4v) is 2.45. The van der Waals surface area contributed by atoms with Gasteiger partial charge in [-0.15, -0.1) is 0 Å². The van der Waals surface area contributed by atoms with E-state index in [0.717, 1.165) is 0 Å². The van der Waals surface area contributed by atoms with E-state index in [1.807, 2.05) is 0 Å². The number of halogens is 3. The van der Waals surface area contributed by atoms with Crippen molar-refractivity contribution in [1.82, 2.24) is 10.3 Å². The molecule has 2 rings (SSSR count). The second-order valence-corrected chi connectivity index (χ2v) is 7.71. The number of aromatic nitrogens is 1. The third kappa shape index (κ3) is 8.15. The minimum absolute atomic E-state index is 0.0759. The molecule has 0 saturated carbocycles. The van der Waals surface area contributed by atoms with Gasteiger partial charge in [-0.2, -0.15) is 13.2 Å². The number of hydrogen-bond acceptors (Lipinski definition) is 5. The van der Waals surface area contributed by atoms with Crippen molar-refractivity contribution in [2.45, 2.75) is 45.5 Å². The molecule has 1 atom stereocenters. The van der Waals surface area contributed by atoms with E-state index >= 15 is 0 Å². The first kappa shape index (κ1) is 24.0. The Morgan fingerprint density at radius 3 is 2.45 bits per heavy atom. The summed E-state index contributed by atoms with van der Waals surface area (Å²) >= 11 is 0. The van der Waals surface area contributed by atoms with Crippen LogP contribution in [0.3, 0.4) is 0 Å². The molecule has 0 radical (unpaired) electrons. The van der Waals surface area contributed by atoms with E-state index in [0.29, 0.717) is 11.1 Å². The van der Waals surface area contributed by atoms with Gasteiger partial charge in [-0.25, -0.2) is 4.79 Å². The minimum Gasteiger partial charge on any atom is -0.484 e. The molecule has 2 N–H and O–H groups in total. The van der Waals surface area contributed by atoms with Crippen molar-refractivity contribution in [1.29, 1.82) is 0 Å². The Labute approximate surface area is 178 Å². The first-order valence-electron chi connectivity index (χ1n) is 9.38. The molecule has 2 amide bonds. The molecular weight excluding hydrogens is 415 g/mol. The number of anilines is 1. The van der Waals surface area contributed by atoms with Gasteiger partial charge in [0.1, 0.15) is 17.4 Å². The monoisotopic (exact) mass is 439 g/mol. The van der Waals surface area contributed by atoms with Crippen LogP contribution in [0.15, 0.2) is 42.7 Å². The number of alkyl carbamates (subject to hydrolysis) is 1. The lowest BCUT2D eigenvalue weighted by Crippen LogP contribution is -2.44. The van der Waals surface area contributed by atoms with Gasteiger partial charge in [0.25, 0.3) is 0 Å². The molecular formula is C21H24F3N3O4. The van der Waals surface area contributed by atoms with Crippen molar-refractivity contribution >= 4 is 17.7 Å². The highest BCUT2D eigenvalue weighted by atomic mass is 19.4. The maximum atomic E-state index is 12.6. The lowest BCUT2D eigenvalue weighted by molar-refractivity contribution is -0.153. The first-order valence-corrected chi connectivity index (χ1v) is 9.38. The molecule has 0 bridgehead atoms. The van der Waals surface area contributed by atoms with Crippen LogP contribution in [0.2, 0.25) is 0 Å². The highest BCUT2D eigenvalue weighted by Gasteiger charge is 2.28. The molecule has 0 saturated heterocycles. The van der Waals surface area contributed by atoms with Gasteiger partial charge >= 0.3 is 12.3 Å². The summed E-state index contributed by atoms with van der Waals surface area (Å²) in [6, 6.07) is 6.61. The van der Waals surface area contributed by atoms with Crippen LogP contribution in [0.4, 0.5) is 23.7 Å². The van der Waals surface area contributed by atoms with E-state index < -0.39 is 36.4 Å². The number of amides is 2. The van der Waals surface area contributed by atoms with Gasteiger partial charge in [0.2, 0.25) is 5.91 Å². The number of nitrogens with zero attached hydrogens (tertiary/aromatic N) is 1. The lowest BCUT2D eigenvalue weighted by atomic mass is 10.0. The second-order valence-electron chi connectivity index (χ2n) is 7.71. The zero-order chi connectivity index (χ0) is 23.2. The zero-order valence-corrected chi connectivity index (χ0v) is 17.5. The molecule has 0 aliphatic heterocycles. The van der Waals surface area contributed by atoms with Gasteiger partial charge < -0.3 is 20.1 Å². The molecule has 1 unspecified atom stereocenters. The smallest absolute Gasteiger partial charge is 0.422 e. The van der Waals surface area contributed by atoms with Crippen molar-refractivity contribution < 1.29 is 32.2 Å². The standard InChI is InChI=1S/C21H24F3N3O4/c1-13(26-19(29)31-20(2,3)4)18(28)27-17-10-15(30-12-21(22,23)24)7-8-16(17)14-6-5-9-25-11-14/h5-11,13H,12H2,1-4H3,(H,26,29)(H,27,28). The highest BCUT2D eigenvalue weighted by molar-refractivity contribution is 5.99. The van der Waals surface area contributed by atoms with E-state index in [9.17, 15) is 22.8 Å². The number of nitrogens with one attached hydrogen (secondary N) is 2. The average Bonchev–Trinajstić information content (AvgIpc) is 2.65. The SMILES string of the molecule is CC(NC(=O)OC(C)(C)C)C(=O)Nc1cc(OCC(F)(F)F)ccc1-c1cccnc1. The Balaban J connectivity index is 2.22. The van der Waals surface area contributed by atoms with Crippen LogP contribution in [0.5, 0.6) is 5.75 Å². The maximum Gasteiger partial charge on any atom is 0.422 e. The van der Waals surface area contributed by atoms with Gasteiger partial charge in [0.05, 0.1) is 5.69 Å². The quantitative estimate of drug-likeness (QED) is 0.690. The van der Waals surface area contributed by atoms with Crippen LogP contribution in [-0.4, -0.2) is 41.4 Å². The van der Waals surface area contributed by atoms with Crippen molar-refractivity contribution in [3.63, 3.8) is 0 Å². The number of carbonyl (C=O) groups is 2. The summed E-state index contributed by atoms with van der Waals surface area (Å²) in [7, 11) is 0. The largest absolute Gasteiger partial charge is 0.484 e. The molecule has 2 aromatic rings. The van der Waals surface area contributed by atoms with Gasteiger partial charge in [0, 0.05) is 29.6 Å². The van der Waals surface area contributed by atoms with Gasteiger partial charge in [-0.05, 0) is 45.9 Å². The van der Waals surface area contributed by atoms with E-state index in [1.54, 1.807) is 45.3 Å². The summed E-state index contributed by atoms with van der Waals surface area (Å²) < 4.78 is 47.4. The summed E-state index contributed by atoms with van der Waals surface area (Å²) in [5.74, 6) is -0.669. The van der Waals surface area contributed by atoms with Crippen LogP contribution in [0.25, 0.3) is 11.1 Å².